The van der Waals surface area contributed by atoms with E-state index in [1.807, 2.05) is 6.08 Å². The fraction of sp³-hybridized carbons (Fsp3) is 0.826. The van der Waals surface area contributed by atoms with Crippen molar-refractivity contribution in [3.63, 3.8) is 0 Å². The van der Waals surface area contributed by atoms with Crippen LogP contribution in [0, 0.1) is 34.5 Å². The average molecular weight is 387 g/mol. The van der Waals surface area contributed by atoms with Crippen molar-refractivity contribution in [2.24, 2.45) is 34.5 Å². The average Bonchev–Trinajstić information content (AvgIpc) is 3.33. The van der Waals surface area contributed by atoms with Crippen LogP contribution in [0.3, 0.4) is 0 Å². The maximum absolute atomic E-state index is 13.3. The van der Waals surface area contributed by atoms with Crippen molar-refractivity contribution in [3.05, 3.63) is 11.8 Å². The van der Waals surface area contributed by atoms with E-state index in [1.165, 1.54) is 19.3 Å². The molecular formula is C23H34N2O3. The van der Waals surface area contributed by atoms with Crippen LogP contribution in [0.4, 0.5) is 0 Å². The lowest BCUT2D eigenvalue weighted by Crippen LogP contribution is -2.59. The number of hydroxylamine groups is 1. The highest BCUT2D eigenvalue weighted by molar-refractivity contribution is 6.40. The first-order chi connectivity index (χ1) is 13.4. The Morgan fingerprint density at radius 3 is 2.71 bits per heavy atom. The van der Waals surface area contributed by atoms with Gasteiger partial charge in [-0.2, -0.15) is 0 Å². The zero-order valence-corrected chi connectivity index (χ0v) is 17.3. The predicted octanol–water partition coefficient (Wildman–Crippen LogP) is 3.15. The molecular weight excluding hydrogens is 352 g/mol. The van der Waals surface area contributed by atoms with E-state index >= 15 is 0 Å². The summed E-state index contributed by atoms with van der Waals surface area (Å²) in [7, 11) is 0. The topological polar surface area (TPSA) is 67.4 Å². The minimum absolute atomic E-state index is 0.0290. The number of rotatable bonds is 3. The maximum atomic E-state index is 13.3. The van der Waals surface area contributed by atoms with Gasteiger partial charge in [-0.1, -0.05) is 26.3 Å². The summed E-state index contributed by atoms with van der Waals surface area (Å²) >= 11 is 0. The number of hydrogen-bond acceptors (Lipinski definition) is 5. The molecule has 0 aromatic carbocycles. The summed E-state index contributed by atoms with van der Waals surface area (Å²) in [5.74, 6) is 0.260. The van der Waals surface area contributed by atoms with Gasteiger partial charge in [-0.05, 0) is 74.2 Å². The molecule has 0 aromatic rings. The SMILES string of the molecule is C[C@@]12CCC[C@H]1[C@@H]1C(=O)C(=O)C3C=C(NOC4CCNC4)CC[C@]3(C)[C@@H]1CC2. The van der Waals surface area contributed by atoms with Crippen LogP contribution in [-0.2, 0) is 14.4 Å². The van der Waals surface area contributed by atoms with Crippen molar-refractivity contribution in [1.82, 2.24) is 10.8 Å². The molecule has 5 aliphatic rings. The summed E-state index contributed by atoms with van der Waals surface area (Å²) < 4.78 is 0. The van der Waals surface area contributed by atoms with Gasteiger partial charge in [0.1, 0.15) is 0 Å². The van der Waals surface area contributed by atoms with Crippen molar-refractivity contribution in [2.45, 2.75) is 71.3 Å². The molecule has 1 heterocycles. The molecule has 5 heteroatoms. The second-order valence-electron chi connectivity index (χ2n) is 10.6. The molecule has 2 N–H and O–H groups in total. The Morgan fingerprint density at radius 1 is 1.07 bits per heavy atom. The molecule has 4 fully saturated rings. The summed E-state index contributed by atoms with van der Waals surface area (Å²) in [6.45, 7) is 6.50. The van der Waals surface area contributed by atoms with Gasteiger partial charge < -0.3 is 5.32 Å². The van der Waals surface area contributed by atoms with Gasteiger partial charge in [-0.25, -0.2) is 0 Å². The Kier molecular flexibility index (Phi) is 4.48. The lowest BCUT2D eigenvalue weighted by molar-refractivity contribution is -0.161. The van der Waals surface area contributed by atoms with Crippen molar-refractivity contribution in [2.75, 3.05) is 13.1 Å². The van der Waals surface area contributed by atoms with Gasteiger partial charge in [-0.3, -0.25) is 19.9 Å². The minimum Gasteiger partial charge on any atom is -0.314 e. The van der Waals surface area contributed by atoms with Crippen molar-refractivity contribution >= 4 is 11.6 Å². The van der Waals surface area contributed by atoms with Gasteiger partial charge in [0.15, 0.2) is 0 Å². The van der Waals surface area contributed by atoms with E-state index in [4.69, 9.17) is 4.84 Å². The molecule has 28 heavy (non-hydrogen) atoms. The van der Waals surface area contributed by atoms with Crippen molar-refractivity contribution in [1.29, 1.82) is 0 Å². The molecule has 1 saturated heterocycles. The Bertz CT molecular complexity index is 713. The number of Topliss-reactive ketones (excluding diaryl/α,β-unsaturated/α-hetero) is 2. The molecule has 2 unspecified atom stereocenters. The van der Waals surface area contributed by atoms with Crippen LogP contribution in [0.2, 0.25) is 0 Å². The van der Waals surface area contributed by atoms with Crippen LogP contribution in [0.25, 0.3) is 0 Å². The summed E-state index contributed by atoms with van der Waals surface area (Å²) in [6.07, 6.45) is 11.0. The van der Waals surface area contributed by atoms with E-state index < -0.39 is 0 Å². The highest BCUT2D eigenvalue weighted by atomic mass is 16.7. The Hall–Kier alpha value is -1.20. The monoisotopic (exact) mass is 386 g/mol. The molecule has 0 amide bonds. The fourth-order valence-electron chi connectivity index (χ4n) is 7.35. The zero-order valence-electron chi connectivity index (χ0n) is 17.3. The standard InChI is InChI=1S/C23H34N2O3/c1-22-8-3-4-16(22)19-17(6-9-22)23(2)10-5-14(12-18(23)20(26)21(19)27)25-28-15-7-11-24-13-15/h12,15-19,24-25H,3-11,13H2,1-2H3/t15?,16-,17+,18?,19-,22-,23+/m0/s1. The molecule has 3 saturated carbocycles. The van der Waals surface area contributed by atoms with Crippen LogP contribution < -0.4 is 10.8 Å². The first-order valence-corrected chi connectivity index (χ1v) is 11.3. The lowest BCUT2D eigenvalue weighted by Gasteiger charge is -2.57. The van der Waals surface area contributed by atoms with E-state index in [1.54, 1.807) is 0 Å². The number of fused-ring (bicyclic) bond motifs is 5. The number of ketones is 2. The number of carbonyl (C=O) groups is 2. The third-order valence-corrected chi connectivity index (χ3v) is 9.11. The zero-order chi connectivity index (χ0) is 19.5. The molecule has 7 atom stereocenters. The van der Waals surface area contributed by atoms with Crippen LogP contribution in [-0.4, -0.2) is 30.8 Å². The van der Waals surface area contributed by atoms with Crippen molar-refractivity contribution in [3.8, 4) is 0 Å². The van der Waals surface area contributed by atoms with Gasteiger partial charge in [0.05, 0.1) is 12.0 Å². The van der Waals surface area contributed by atoms with Crippen LogP contribution in [0.15, 0.2) is 11.8 Å². The number of allylic oxidation sites excluding steroid dienone is 2. The van der Waals surface area contributed by atoms with Crippen LogP contribution in [0.1, 0.15) is 65.2 Å². The van der Waals surface area contributed by atoms with E-state index in [2.05, 4.69) is 24.6 Å². The lowest BCUT2D eigenvalue weighted by atomic mass is 9.45. The van der Waals surface area contributed by atoms with E-state index in [9.17, 15) is 9.59 Å². The van der Waals surface area contributed by atoms with Crippen LogP contribution in [0.5, 0.6) is 0 Å². The molecule has 0 bridgehead atoms. The molecule has 1 aliphatic heterocycles. The van der Waals surface area contributed by atoms with E-state index in [0.717, 1.165) is 50.9 Å². The normalized spacial score (nSPS) is 47.9. The summed E-state index contributed by atoms with van der Waals surface area (Å²) in [5, 5.41) is 3.29. The summed E-state index contributed by atoms with van der Waals surface area (Å²) in [5.41, 5.74) is 4.30. The first-order valence-electron chi connectivity index (χ1n) is 11.3. The third-order valence-electron chi connectivity index (χ3n) is 9.11. The smallest absolute Gasteiger partial charge is 0.206 e. The number of hydrogen-bond donors (Lipinski definition) is 2. The molecule has 0 aromatic heterocycles. The Balaban J connectivity index is 1.39. The molecule has 4 aliphatic carbocycles. The molecule has 5 nitrogen and oxygen atoms in total. The van der Waals surface area contributed by atoms with E-state index in [0.29, 0.717) is 11.8 Å². The predicted molar refractivity (Wildman–Crippen MR) is 106 cm³/mol. The van der Waals surface area contributed by atoms with Gasteiger partial charge in [0, 0.05) is 18.2 Å². The first kappa shape index (κ1) is 18.8. The van der Waals surface area contributed by atoms with Crippen molar-refractivity contribution < 1.29 is 14.4 Å². The van der Waals surface area contributed by atoms with E-state index in [-0.39, 0.29) is 40.3 Å². The van der Waals surface area contributed by atoms with Crippen LogP contribution >= 0.6 is 0 Å². The molecule has 0 spiro atoms. The highest BCUT2D eigenvalue weighted by Gasteiger charge is 2.62. The molecule has 0 radical (unpaired) electrons. The largest absolute Gasteiger partial charge is 0.314 e. The summed E-state index contributed by atoms with van der Waals surface area (Å²) in [4.78, 5) is 32.3. The highest BCUT2D eigenvalue weighted by Crippen LogP contribution is 2.64. The Labute approximate surface area is 168 Å². The Morgan fingerprint density at radius 2 is 1.93 bits per heavy atom. The number of carbonyl (C=O) groups excluding carboxylic acids is 2. The maximum Gasteiger partial charge on any atom is 0.206 e. The minimum atomic E-state index is -0.284. The third kappa shape index (κ3) is 2.72. The second-order valence-corrected chi connectivity index (χ2v) is 10.6. The second kappa shape index (κ2) is 6.66. The van der Waals surface area contributed by atoms with Gasteiger partial charge >= 0.3 is 0 Å². The van der Waals surface area contributed by atoms with Gasteiger partial charge in [0.25, 0.3) is 0 Å². The number of nitrogens with one attached hydrogen (secondary N) is 2. The quantitative estimate of drug-likeness (QED) is 0.576. The molecule has 5 rings (SSSR count). The summed E-state index contributed by atoms with van der Waals surface area (Å²) in [6, 6.07) is 0. The van der Waals surface area contributed by atoms with Gasteiger partial charge in [0.2, 0.25) is 11.6 Å². The molecule has 154 valence electrons. The fourth-order valence-corrected chi connectivity index (χ4v) is 7.35. The van der Waals surface area contributed by atoms with Gasteiger partial charge in [-0.15, -0.1) is 0 Å².